The Balaban J connectivity index is 2.15. The minimum Gasteiger partial charge on any atom is -0.478 e. The molecule has 0 bridgehead atoms. The topological polar surface area (TPSA) is 74.7 Å². The number of sulfonamides is 1. The number of aliphatic carboxylic acids is 1. The summed E-state index contributed by atoms with van der Waals surface area (Å²) in [6.45, 7) is 3.94. The fourth-order valence-corrected chi connectivity index (χ4v) is 5.93. The van der Waals surface area contributed by atoms with Gasteiger partial charge in [0.1, 0.15) is 0 Å². The van der Waals surface area contributed by atoms with Gasteiger partial charge in [-0.05, 0) is 43.2 Å². The minimum absolute atomic E-state index is 0.0237. The van der Waals surface area contributed by atoms with Gasteiger partial charge in [0.15, 0.2) is 0 Å². The molecular formula is C23H25Cl2NO4S. The molecule has 0 spiro atoms. The Labute approximate surface area is 193 Å². The van der Waals surface area contributed by atoms with Crippen molar-refractivity contribution in [2.24, 2.45) is 0 Å². The molecule has 2 aromatic rings. The standard InChI is InChI=1S/C23H25Cl2NO4S/c1-3-4-5-6-17-14-19(23(27)28)22(16-9-12-20(24)21(25)13-16)26(17)31(29,30)18-10-7-15(2)8-11-18/h7-14,17,22H,3-6H2,1-2H3,(H,27,28)/t17-,22+/m1/s1. The second-order valence-electron chi connectivity index (χ2n) is 7.71. The van der Waals surface area contributed by atoms with Crippen LogP contribution in [-0.2, 0) is 14.8 Å². The maximum atomic E-state index is 13.7. The molecular weight excluding hydrogens is 457 g/mol. The number of benzene rings is 2. The van der Waals surface area contributed by atoms with Gasteiger partial charge in [-0.25, -0.2) is 13.2 Å². The van der Waals surface area contributed by atoms with Gasteiger partial charge in [-0.2, -0.15) is 4.31 Å². The van der Waals surface area contributed by atoms with E-state index < -0.39 is 28.1 Å². The average Bonchev–Trinajstić information content (AvgIpc) is 3.11. The molecule has 31 heavy (non-hydrogen) atoms. The van der Waals surface area contributed by atoms with Crippen LogP contribution in [0.4, 0.5) is 0 Å². The number of aryl methyl sites for hydroxylation is 1. The average molecular weight is 482 g/mol. The maximum absolute atomic E-state index is 13.7. The number of halogens is 2. The van der Waals surface area contributed by atoms with E-state index in [4.69, 9.17) is 23.2 Å². The van der Waals surface area contributed by atoms with Gasteiger partial charge in [0.05, 0.1) is 26.6 Å². The fraction of sp³-hybridized carbons (Fsp3) is 0.348. The van der Waals surface area contributed by atoms with Crippen molar-refractivity contribution in [1.82, 2.24) is 4.31 Å². The largest absolute Gasteiger partial charge is 0.478 e. The summed E-state index contributed by atoms with van der Waals surface area (Å²) in [6.07, 6.45) is 4.80. The van der Waals surface area contributed by atoms with Crippen molar-refractivity contribution in [1.29, 1.82) is 0 Å². The normalized spacial score (nSPS) is 19.4. The van der Waals surface area contributed by atoms with Gasteiger partial charge < -0.3 is 5.11 Å². The lowest BCUT2D eigenvalue weighted by molar-refractivity contribution is -0.133. The fourth-order valence-electron chi connectivity index (χ4n) is 3.86. The molecule has 0 saturated carbocycles. The molecule has 0 unspecified atom stereocenters. The number of carboxylic acid groups (broad SMARTS) is 1. The van der Waals surface area contributed by atoms with Crippen LogP contribution in [0.15, 0.2) is 59.0 Å². The van der Waals surface area contributed by atoms with E-state index >= 15 is 0 Å². The van der Waals surface area contributed by atoms with Gasteiger partial charge >= 0.3 is 5.97 Å². The van der Waals surface area contributed by atoms with Crippen molar-refractivity contribution in [3.05, 3.63) is 75.3 Å². The zero-order valence-corrected chi connectivity index (χ0v) is 19.7. The van der Waals surface area contributed by atoms with E-state index in [2.05, 4.69) is 6.92 Å². The lowest BCUT2D eigenvalue weighted by Crippen LogP contribution is -2.39. The first-order valence-corrected chi connectivity index (χ1v) is 12.4. The summed E-state index contributed by atoms with van der Waals surface area (Å²) in [5.74, 6) is -1.15. The Morgan fingerprint density at radius 1 is 1.06 bits per heavy atom. The van der Waals surface area contributed by atoms with Crippen molar-refractivity contribution in [2.75, 3.05) is 0 Å². The molecule has 8 heteroatoms. The van der Waals surface area contributed by atoms with Gasteiger partial charge in [0, 0.05) is 6.04 Å². The van der Waals surface area contributed by atoms with E-state index in [0.717, 1.165) is 24.8 Å². The quantitative estimate of drug-likeness (QED) is 0.468. The zero-order chi connectivity index (χ0) is 22.8. The van der Waals surface area contributed by atoms with E-state index in [0.29, 0.717) is 17.0 Å². The highest BCUT2D eigenvalue weighted by molar-refractivity contribution is 7.89. The van der Waals surface area contributed by atoms with Crippen LogP contribution in [-0.4, -0.2) is 29.8 Å². The van der Waals surface area contributed by atoms with Crippen molar-refractivity contribution in [2.45, 2.75) is 56.5 Å². The molecule has 0 aromatic heterocycles. The number of carbonyl (C=O) groups is 1. The van der Waals surface area contributed by atoms with Crippen molar-refractivity contribution < 1.29 is 18.3 Å². The number of nitrogens with zero attached hydrogens (tertiary/aromatic N) is 1. The number of rotatable bonds is 8. The first-order chi connectivity index (χ1) is 14.7. The highest BCUT2D eigenvalue weighted by Gasteiger charge is 2.45. The van der Waals surface area contributed by atoms with Crippen molar-refractivity contribution >= 4 is 39.2 Å². The molecule has 2 atom stereocenters. The van der Waals surface area contributed by atoms with Gasteiger partial charge in [-0.1, -0.05) is 79.2 Å². The van der Waals surface area contributed by atoms with Crippen LogP contribution in [0.25, 0.3) is 0 Å². The molecule has 0 amide bonds. The van der Waals surface area contributed by atoms with Crippen LogP contribution in [0.1, 0.15) is 49.8 Å². The molecule has 1 N–H and O–H groups in total. The van der Waals surface area contributed by atoms with Crippen molar-refractivity contribution in [3.63, 3.8) is 0 Å². The zero-order valence-electron chi connectivity index (χ0n) is 17.4. The second kappa shape index (κ2) is 9.74. The number of unbranched alkanes of at least 4 members (excludes halogenated alkanes) is 2. The Morgan fingerprint density at radius 3 is 2.32 bits per heavy atom. The number of hydrogen-bond donors (Lipinski definition) is 1. The van der Waals surface area contributed by atoms with Gasteiger partial charge in [-0.15, -0.1) is 0 Å². The van der Waals surface area contributed by atoms with Crippen LogP contribution in [0.2, 0.25) is 10.0 Å². The second-order valence-corrected chi connectivity index (χ2v) is 10.4. The van der Waals surface area contributed by atoms with Gasteiger partial charge in [0.2, 0.25) is 10.0 Å². The van der Waals surface area contributed by atoms with E-state index in [-0.39, 0.29) is 15.5 Å². The Bertz CT molecular complexity index is 1100. The molecule has 1 aliphatic heterocycles. The van der Waals surface area contributed by atoms with Crippen LogP contribution < -0.4 is 0 Å². The summed E-state index contributed by atoms with van der Waals surface area (Å²) in [6, 6.07) is 9.73. The molecule has 2 aromatic carbocycles. The first-order valence-electron chi connectivity index (χ1n) is 10.2. The lowest BCUT2D eigenvalue weighted by Gasteiger charge is -2.31. The molecule has 1 aliphatic rings. The Hall–Kier alpha value is -1.86. The monoisotopic (exact) mass is 481 g/mol. The predicted molar refractivity (Wildman–Crippen MR) is 123 cm³/mol. The minimum atomic E-state index is -3.99. The predicted octanol–water partition coefficient (Wildman–Crippen LogP) is 6.01. The lowest BCUT2D eigenvalue weighted by atomic mass is 10.0. The van der Waals surface area contributed by atoms with Gasteiger partial charge in [0.25, 0.3) is 0 Å². The Morgan fingerprint density at radius 2 is 1.74 bits per heavy atom. The molecule has 0 radical (unpaired) electrons. The van der Waals surface area contributed by atoms with E-state index in [1.165, 1.54) is 10.4 Å². The third kappa shape index (κ3) is 4.98. The summed E-state index contributed by atoms with van der Waals surface area (Å²) >= 11 is 12.2. The van der Waals surface area contributed by atoms with Gasteiger partial charge in [-0.3, -0.25) is 0 Å². The molecule has 5 nitrogen and oxygen atoms in total. The Kier molecular flexibility index (Phi) is 7.47. The first kappa shape index (κ1) is 23.8. The van der Waals surface area contributed by atoms with E-state index in [1.807, 2.05) is 6.92 Å². The molecule has 166 valence electrons. The summed E-state index contributed by atoms with van der Waals surface area (Å²) in [5, 5.41) is 10.5. The summed E-state index contributed by atoms with van der Waals surface area (Å²) in [4.78, 5) is 12.2. The SMILES string of the molecule is CCCCC[C@@H]1C=C(C(=O)O)[C@H](c2ccc(Cl)c(Cl)c2)N1S(=O)(=O)c1ccc(C)cc1. The van der Waals surface area contributed by atoms with Crippen LogP contribution >= 0.6 is 23.2 Å². The third-order valence-electron chi connectivity index (χ3n) is 5.45. The highest BCUT2D eigenvalue weighted by atomic mass is 35.5. The molecule has 0 saturated heterocycles. The van der Waals surface area contributed by atoms with Crippen molar-refractivity contribution in [3.8, 4) is 0 Å². The number of hydrogen-bond acceptors (Lipinski definition) is 3. The summed E-state index contributed by atoms with van der Waals surface area (Å²) < 4.78 is 28.8. The third-order valence-corrected chi connectivity index (χ3v) is 8.10. The maximum Gasteiger partial charge on any atom is 0.333 e. The van der Waals surface area contributed by atoms with Crippen LogP contribution in [0, 0.1) is 6.92 Å². The van der Waals surface area contributed by atoms with Crippen LogP contribution in [0.5, 0.6) is 0 Å². The molecule has 0 fully saturated rings. The molecule has 3 rings (SSSR count). The summed E-state index contributed by atoms with van der Waals surface area (Å²) in [7, 11) is -3.99. The number of carboxylic acids is 1. The summed E-state index contributed by atoms with van der Waals surface area (Å²) in [5.41, 5.74) is 1.43. The van der Waals surface area contributed by atoms with Crippen LogP contribution in [0.3, 0.4) is 0 Å². The highest BCUT2D eigenvalue weighted by Crippen LogP contribution is 2.43. The molecule has 1 heterocycles. The van der Waals surface area contributed by atoms with E-state index in [1.54, 1.807) is 42.5 Å². The smallest absolute Gasteiger partial charge is 0.333 e. The van der Waals surface area contributed by atoms with E-state index in [9.17, 15) is 18.3 Å². The molecule has 0 aliphatic carbocycles.